The Morgan fingerprint density at radius 3 is 2.52 bits per heavy atom. The van der Waals surface area contributed by atoms with Crippen LogP contribution in [0.4, 0.5) is 10.2 Å². The van der Waals surface area contributed by atoms with Crippen molar-refractivity contribution in [2.45, 2.75) is 69.4 Å². The molecule has 2 saturated heterocycles. The fourth-order valence-corrected chi connectivity index (χ4v) is 6.10. The van der Waals surface area contributed by atoms with Gasteiger partial charge in [0.2, 0.25) is 0 Å². The van der Waals surface area contributed by atoms with Crippen LogP contribution >= 0.6 is 11.6 Å². The molecule has 9 nitrogen and oxygen atoms in total. The highest BCUT2D eigenvalue weighted by molar-refractivity contribution is 6.31. The summed E-state index contributed by atoms with van der Waals surface area (Å²) in [5, 5.41) is 30.6. The summed E-state index contributed by atoms with van der Waals surface area (Å²) in [6.07, 6.45) is 3.75. The lowest BCUT2D eigenvalue weighted by Crippen LogP contribution is -2.47. The van der Waals surface area contributed by atoms with Gasteiger partial charge in [-0.2, -0.15) is 5.26 Å². The summed E-state index contributed by atoms with van der Waals surface area (Å²) in [5.41, 5.74) is 0.725. The van der Waals surface area contributed by atoms with E-state index in [2.05, 4.69) is 25.3 Å². The number of piperidine rings is 2. The number of alkyl halides is 1. The molecule has 2 N–H and O–H groups in total. The number of likely N-dealkylation sites (tertiary alicyclic amines) is 1. The quantitative estimate of drug-likeness (QED) is 0.517. The lowest BCUT2D eigenvalue weighted by atomic mass is 9.92. The Bertz CT molecular complexity index is 1200. The largest absolute Gasteiger partial charge is 0.490 e. The maximum absolute atomic E-state index is 13.8. The van der Waals surface area contributed by atoms with Gasteiger partial charge in [0, 0.05) is 44.8 Å². The Morgan fingerprint density at radius 1 is 1.10 bits per heavy atom. The van der Waals surface area contributed by atoms with Crippen molar-refractivity contribution >= 4 is 23.3 Å². The number of aromatic nitrogens is 2. The number of benzene rings is 1. The van der Waals surface area contributed by atoms with E-state index in [1.165, 1.54) is 0 Å². The SMILES string of the molecule is N#Cc1ccc(OC2CCC(NC(=O)c3ccc(N4CCC(CN5CC[C@@H](O)[C@@H](F)C5)CC4)nn3)CC2)cc1Cl. The van der Waals surface area contributed by atoms with Crippen molar-refractivity contribution in [3.05, 3.63) is 46.6 Å². The van der Waals surface area contributed by atoms with Crippen LogP contribution in [-0.2, 0) is 0 Å². The predicted molar refractivity (Wildman–Crippen MR) is 149 cm³/mol. The smallest absolute Gasteiger partial charge is 0.272 e. The van der Waals surface area contributed by atoms with E-state index in [4.69, 9.17) is 21.6 Å². The van der Waals surface area contributed by atoms with Gasteiger partial charge >= 0.3 is 0 Å². The highest BCUT2D eigenvalue weighted by Crippen LogP contribution is 2.28. The predicted octanol–water partition coefficient (Wildman–Crippen LogP) is 3.74. The molecule has 0 spiro atoms. The Labute approximate surface area is 239 Å². The molecule has 0 bridgehead atoms. The monoisotopic (exact) mass is 570 g/mol. The van der Waals surface area contributed by atoms with Gasteiger partial charge in [-0.1, -0.05) is 11.6 Å². The number of halogens is 2. The number of nitrogens with zero attached hydrogens (tertiary/aromatic N) is 5. The molecule has 1 aromatic heterocycles. The summed E-state index contributed by atoms with van der Waals surface area (Å²) in [4.78, 5) is 17.1. The van der Waals surface area contributed by atoms with Crippen molar-refractivity contribution in [3.63, 3.8) is 0 Å². The van der Waals surface area contributed by atoms with Gasteiger partial charge in [-0.25, -0.2) is 4.39 Å². The number of ether oxygens (including phenoxy) is 1. The van der Waals surface area contributed by atoms with Gasteiger partial charge in [0.15, 0.2) is 11.5 Å². The molecule has 0 unspecified atom stereocenters. The highest BCUT2D eigenvalue weighted by Gasteiger charge is 2.30. The summed E-state index contributed by atoms with van der Waals surface area (Å²) < 4.78 is 19.9. The minimum absolute atomic E-state index is 0.0359. The molecule has 3 fully saturated rings. The van der Waals surface area contributed by atoms with Gasteiger partial charge in [0.1, 0.15) is 18.0 Å². The van der Waals surface area contributed by atoms with Crippen LogP contribution in [0.5, 0.6) is 5.75 Å². The van der Waals surface area contributed by atoms with Crippen LogP contribution in [0.25, 0.3) is 0 Å². The van der Waals surface area contributed by atoms with E-state index in [0.717, 1.165) is 70.5 Å². The van der Waals surface area contributed by atoms with Crippen molar-refractivity contribution in [1.82, 2.24) is 20.4 Å². The third-order valence-electron chi connectivity index (χ3n) is 8.30. The first-order valence-corrected chi connectivity index (χ1v) is 14.6. The van der Waals surface area contributed by atoms with E-state index >= 15 is 0 Å². The van der Waals surface area contributed by atoms with Crippen molar-refractivity contribution in [1.29, 1.82) is 5.26 Å². The van der Waals surface area contributed by atoms with Gasteiger partial charge in [-0.3, -0.25) is 9.69 Å². The number of rotatable bonds is 7. The number of hydrogen-bond donors (Lipinski definition) is 2. The van der Waals surface area contributed by atoms with Crippen LogP contribution in [0.1, 0.15) is 61.0 Å². The number of aliphatic hydroxyl groups excluding tert-OH is 1. The van der Waals surface area contributed by atoms with E-state index in [1.807, 2.05) is 12.1 Å². The number of aliphatic hydroxyl groups is 1. The second kappa shape index (κ2) is 13.1. The number of carbonyl (C=O) groups is 1. The van der Waals surface area contributed by atoms with E-state index < -0.39 is 12.3 Å². The maximum Gasteiger partial charge on any atom is 0.272 e. The summed E-state index contributed by atoms with van der Waals surface area (Å²) >= 11 is 6.10. The van der Waals surface area contributed by atoms with Gasteiger partial charge in [0.05, 0.1) is 22.8 Å². The summed E-state index contributed by atoms with van der Waals surface area (Å²) in [5.74, 6) is 1.69. The fourth-order valence-electron chi connectivity index (χ4n) is 5.88. The molecule has 40 heavy (non-hydrogen) atoms. The van der Waals surface area contributed by atoms with Crippen molar-refractivity contribution in [2.75, 3.05) is 37.6 Å². The molecule has 1 amide bonds. The lowest BCUT2D eigenvalue weighted by molar-refractivity contribution is 0.000845. The summed E-state index contributed by atoms with van der Waals surface area (Å²) in [7, 11) is 0. The first kappa shape index (κ1) is 28.5. The third-order valence-corrected chi connectivity index (χ3v) is 8.62. The maximum atomic E-state index is 13.8. The molecule has 214 valence electrons. The molecular formula is C29H36ClFN6O3. The first-order valence-electron chi connectivity index (χ1n) is 14.2. The Balaban J connectivity index is 1.03. The Kier molecular flexibility index (Phi) is 9.35. The molecule has 1 aliphatic carbocycles. The Hall–Kier alpha value is -3.00. The minimum Gasteiger partial charge on any atom is -0.490 e. The molecule has 11 heteroatoms. The molecule has 1 saturated carbocycles. The average Bonchev–Trinajstić information content (AvgIpc) is 2.97. The van der Waals surface area contributed by atoms with Crippen LogP contribution in [0, 0.1) is 17.2 Å². The van der Waals surface area contributed by atoms with Crippen molar-refractivity contribution in [3.8, 4) is 11.8 Å². The molecule has 5 rings (SSSR count). The Morgan fingerprint density at radius 2 is 1.88 bits per heavy atom. The molecule has 1 aromatic carbocycles. The molecular weight excluding hydrogens is 535 g/mol. The molecule has 3 heterocycles. The van der Waals surface area contributed by atoms with E-state index in [-0.39, 0.29) is 18.1 Å². The molecule has 3 aliphatic rings. The van der Waals surface area contributed by atoms with Gasteiger partial charge in [0.25, 0.3) is 5.91 Å². The van der Waals surface area contributed by atoms with Crippen LogP contribution in [-0.4, -0.2) is 83.3 Å². The van der Waals surface area contributed by atoms with Crippen LogP contribution < -0.4 is 15.0 Å². The molecule has 2 aliphatic heterocycles. The summed E-state index contributed by atoms with van der Waals surface area (Å²) in [6, 6.07) is 10.8. The number of anilines is 1. The zero-order valence-corrected chi connectivity index (χ0v) is 23.3. The molecule has 2 aromatic rings. The second-order valence-electron chi connectivity index (χ2n) is 11.2. The third kappa shape index (κ3) is 7.19. The zero-order valence-electron chi connectivity index (χ0n) is 22.5. The second-order valence-corrected chi connectivity index (χ2v) is 11.6. The van der Waals surface area contributed by atoms with Gasteiger partial charge in [-0.15, -0.1) is 10.2 Å². The molecule has 2 atom stereocenters. The van der Waals surface area contributed by atoms with Crippen LogP contribution in [0.3, 0.4) is 0 Å². The van der Waals surface area contributed by atoms with Crippen LogP contribution in [0.15, 0.2) is 30.3 Å². The van der Waals surface area contributed by atoms with E-state index in [0.29, 0.717) is 40.9 Å². The fraction of sp³-hybridized carbons (Fsp3) is 0.586. The molecule has 0 radical (unpaired) electrons. The number of nitriles is 1. The first-order chi connectivity index (χ1) is 19.4. The van der Waals surface area contributed by atoms with E-state index in [1.54, 1.807) is 24.3 Å². The van der Waals surface area contributed by atoms with Crippen molar-refractivity contribution in [2.24, 2.45) is 5.92 Å². The minimum atomic E-state index is -1.15. The standard InChI is InChI=1S/C29H36ClFN6O3/c30-24-15-23(4-1-20(24)16-32)40-22-5-2-21(3-6-22)33-29(39)26-7-8-28(35-34-26)37-13-9-19(10-14-37)17-36-12-11-27(38)25(31)18-36/h1,4,7-8,15,19,21-22,25,27,38H,2-3,5-6,9-14,17-18H2,(H,33,39)/t21?,22?,25-,27+/m0/s1. The number of hydrogen-bond acceptors (Lipinski definition) is 8. The van der Waals surface area contributed by atoms with Gasteiger partial charge < -0.3 is 20.1 Å². The zero-order chi connectivity index (χ0) is 28.1. The van der Waals surface area contributed by atoms with Crippen LogP contribution in [0.2, 0.25) is 5.02 Å². The average molecular weight is 571 g/mol. The van der Waals surface area contributed by atoms with E-state index in [9.17, 15) is 14.3 Å². The topological polar surface area (TPSA) is 115 Å². The summed E-state index contributed by atoms with van der Waals surface area (Å²) in [6.45, 7) is 3.63. The number of carbonyl (C=O) groups excluding carboxylic acids is 1. The normalized spacial score (nSPS) is 26.2. The number of nitrogens with one attached hydrogen (secondary N) is 1. The van der Waals surface area contributed by atoms with Crippen molar-refractivity contribution < 1.29 is 19.0 Å². The highest BCUT2D eigenvalue weighted by atomic mass is 35.5. The lowest BCUT2D eigenvalue weighted by Gasteiger charge is -2.38. The van der Waals surface area contributed by atoms with Gasteiger partial charge in [-0.05, 0) is 75.1 Å². The number of amides is 1.